The van der Waals surface area contributed by atoms with Gasteiger partial charge in [-0.15, -0.1) is 0 Å². The van der Waals surface area contributed by atoms with E-state index in [2.05, 4.69) is 28.1 Å². The van der Waals surface area contributed by atoms with Gasteiger partial charge in [-0.05, 0) is 34.0 Å². The van der Waals surface area contributed by atoms with E-state index in [1.807, 2.05) is 35.2 Å². The Hall–Kier alpha value is -2.77. The van der Waals surface area contributed by atoms with Crippen LogP contribution in [0.3, 0.4) is 0 Å². The van der Waals surface area contributed by atoms with Crippen molar-refractivity contribution in [1.29, 1.82) is 0 Å². The average molecular weight is 407 g/mol. The molecule has 2 aliphatic heterocycles. The molecule has 0 saturated carbocycles. The summed E-state index contributed by atoms with van der Waals surface area (Å²) in [5, 5.41) is 5.15. The molecule has 1 unspecified atom stereocenters. The van der Waals surface area contributed by atoms with Gasteiger partial charge < -0.3 is 9.80 Å². The predicted molar refractivity (Wildman–Crippen MR) is 112 cm³/mol. The van der Waals surface area contributed by atoms with Gasteiger partial charge in [-0.25, -0.2) is 0 Å². The molecule has 0 radical (unpaired) electrons. The lowest BCUT2D eigenvalue weighted by molar-refractivity contribution is -0.160. The number of carbonyl (C=O) groups excluding carboxylic acids is 2. The maximum absolute atomic E-state index is 13.1. The first-order valence-electron chi connectivity index (χ1n) is 9.83. The molecule has 3 aromatic rings. The van der Waals surface area contributed by atoms with Gasteiger partial charge in [0.2, 0.25) is 11.8 Å². The number of pyridine rings is 1. The van der Waals surface area contributed by atoms with Crippen molar-refractivity contribution in [3.05, 3.63) is 64.5 Å². The Bertz CT molecular complexity index is 1050. The molecule has 148 valence electrons. The second kappa shape index (κ2) is 7.57. The molecule has 2 aromatic heterocycles. The molecule has 0 spiro atoms. The van der Waals surface area contributed by atoms with Crippen molar-refractivity contribution in [2.24, 2.45) is 0 Å². The summed E-state index contributed by atoms with van der Waals surface area (Å²) in [4.78, 5) is 36.1. The maximum atomic E-state index is 13.1. The summed E-state index contributed by atoms with van der Waals surface area (Å²) in [6, 6.07) is 11.8. The van der Waals surface area contributed by atoms with E-state index in [1.54, 1.807) is 21.1 Å². The van der Waals surface area contributed by atoms with Gasteiger partial charge in [0.05, 0.1) is 5.52 Å². The van der Waals surface area contributed by atoms with Crippen LogP contribution in [0.5, 0.6) is 0 Å². The smallest absolute Gasteiger partial charge is 0.247 e. The van der Waals surface area contributed by atoms with Crippen molar-refractivity contribution in [2.45, 2.75) is 19.1 Å². The van der Waals surface area contributed by atoms with Crippen LogP contribution in [-0.4, -0.2) is 63.7 Å². The maximum Gasteiger partial charge on any atom is 0.247 e. The predicted octanol–water partition coefficient (Wildman–Crippen LogP) is 2.35. The summed E-state index contributed by atoms with van der Waals surface area (Å²) in [5.74, 6) is 0.104. The van der Waals surface area contributed by atoms with Crippen LogP contribution in [0.4, 0.5) is 0 Å². The molecule has 0 bridgehead atoms. The fourth-order valence-electron chi connectivity index (χ4n) is 4.31. The molecule has 5 rings (SSSR count). The molecule has 6 nitrogen and oxygen atoms in total. The monoisotopic (exact) mass is 406 g/mol. The van der Waals surface area contributed by atoms with Crippen LogP contribution in [0.15, 0.2) is 53.4 Å². The average Bonchev–Trinajstić information content (AvgIpc) is 3.25. The Morgan fingerprint density at radius 3 is 2.83 bits per heavy atom. The number of rotatable bonds is 4. The number of piperazine rings is 2. The number of fused-ring (bicyclic) bond motifs is 2. The molecule has 29 heavy (non-hydrogen) atoms. The zero-order valence-electron chi connectivity index (χ0n) is 16.0. The minimum absolute atomic E-state index is 0.0521. The quantitative estimate of drug-likeness (QED) is 0.668. The lowest BCUT2D eigenvalue weighted by atomic mass is 10.0. The minimum atomic E-state index is -0.397. The first kappa shape index (κ1) is 18.3. The third-order valence-corrected chi connectivity index (χ3v) is 6.50. The third kappa shape index (κ3) is 3.52. The Balaban J connectivity index is 1.34. The standard InChI is InChI=1S/C22H22N4O2S/c27-20-14-25(11-16-6-10-29-15-16)22(28)19-13-24(8-9-26(19)20)12-18-4-1-3-17-5-2-7-23-21(17)18/h1-7,10,15,19H,8-9,11-14H2. The van der Waals surface area contributed by atoms with Crippen LogP contribution in [-0.2, 0) is 22.7 Å². The van der Waals surface area contributed by atoms with Gasteiger partial charge in [0.15, 0.2) is 0 Å². The van der Waals surface area contributed by atoms with Crippen molar-refractivity contribution in [1.82, 2.24) is 19.7 Å². The topological polar surface area (TPSA) is 56.8 Å². The molecule has 4 heterocycles. The second-order valence-electron chi connectivity index (χ2n) is 7.66. The third-order valence-electron chi connectivity index (χ3n) is 5.77. The molecule has 2 aliphatic rings. The summed E-state index contributed by atoms with van der Waals surface area (Å²) in [6.45, 7) is 3.34. The summed E-state index contributed by atoms with van der Waals surface area (Å²) in [6.07, 6.45) is 1.81. The summed E-state index contributed by atoms with van der Waals surface area (Å²) in [5.41, 5.74) is 3.24. The van der Waals surface area contributed by atoms with E-state index >= 15 is 0 Å². The van der Waals surface area contributed by atoms with E-state index in [1.165, 1.54) is 0 Å². The van der Waals surface area contributed by atoms with Crippen LogP contribution < -0.4 is 0 Å². The van der Waals surface area contributed by atoms with Crippen molar-refractivity contribution >= 4 is 34.1 Å². The van der Waals surface area contributed by atoms with Gasteiger partial charge in [-0.3, -0.25) is 19.5 Å². The van der Waals surface area contributed by atoms with Crippen LogP contribution in [0.1, 0.15) is 11.1 Å². The fraction of sp³-hybridized carbons (Fsp3) is 0.318. The van der Waals surface area contributed by atoms with E-state index in [-0.39, 0.29) is 18.4 Å². The van der Waals surface area contributed by atoms with Crippen LogP contribution in [0.2, 0.25) is 0 Å². The fourth-order valence-corrected chi connectivity index (χ4v) is 4.97. The highest BCUT2D eigenvalue weighted by molar-refractivity contribution is 7.07. The molecule has 2 fully saturated rings. The van der Waals surface area contributed by atoms with E-state index in [4.69, 9.17) is 0 Å². The number of aromatic nitrogens is 1. The number of carbonyl (C=O) groups is 2. The number of hydrogen-bond donors (Lipinski definition) is 0. The Morgan fingerprint density at radius 2 is 1.97 bits per heavy atom. The van der Waals surface area contributed by atoms with Crippen molar-refractivity contribution in [3.8, 4) is 0 Å². The van der Waals surface area contributed by atoms with Crippen molar-refractivity contribution in [3.63, 3.8) is 0 Å². The number of hydrogen-bond acceptors (Lipinski definition) is 5. The summed E-state index contributed by atoms with van der Waals surface area (Å²) < 4.78 is 0. The highest BCUT2D eigenvalue weighted by Crippen LogP contribution is 2.23. The summed E-state index contributed by atoms with van der Waals surface area (Å²) in [7, 11) is 0. The number of benzene rings is 1. The Kier molecular flexibility index (Phi) is 4.77. The number of thiophene rings is 1. The lowest BCUT2D eigenvalue weighted by Crippen LogP contribution is -2.66. The largest absolute Gasteiger partial charge is 0.327 e. The molecule has 1 aromatic carbocycles. The number of amides is 2. The van der Waals surface area contributed by atoms with E-state index in [0.29, 0.717) is 19.6 Å². The Labute approximate surface area is 173 Å². The highest BCUT2D eigenvalue weighted by Gasteiger charge is 2.42. The normalized spacial score (nSPS) is 20.3. The molecule has 7 heteroatoms. The zero-order valence-corrected chi connectivity index (χ0v) is 16.8. The van der Waals surface area contributed by atoms with E-state index in [0.717, 1.165) is 35.1 Å². The number of para-hydroxylation sites is 1. The zero-order chi connectivity index (χ0) is 19.8. The first-order valence-corrected chi connectivity index (χ1v) is 10.8. The molecule has 0 aliphatic carbocycles. The lowest BCUT2D eigenvalue weighted by Gasteiger charge is -2.46. The van der Waals surface area contributed by atoms with Gasteiger partial charge in [0, 0.05) is 44.3 Å². The van der Waals surface area contributed by atoms with Gasteiger partial charge >= 0.3 is 0 Å². The van der Waals surface area contributed by atoms with Gasteiger partial charge in [-0.2, -0.15) is 11.3 Å². The van der Waals surface area contributed by atoms with E-state index in [9.17, 15) is 9.59 Å². The van der Waals surface area contributed by atoms with Crippen LogP contribution in [0, 0.1) is 0 Å². The van der Waals surface area contributed by atoms with E-state index < -0.39 is 6.04 Å². The van der Waals surface area contributed by atoms with Crippen LogP contribution in [0.25, 0.3) is 10.9 Å². The first-order chi connectivity index (χ1) is 14.2. The van der Waals surface area contributed by atoms with Crippen LogP contribution >= 0.6 is 11.3 Å². The molecule has 2 amide bonds. The minimum Gasteiger partial charge on any atom is -0.327 e. The molecule has 0 N–H and O–H groups in total. The van der Waals surface area contributed by atoms with Crippen molar-refractivity contribution in [2.75, 3.05) is 26.2 Å². The van der Waals surface area contributed by atoms with Gasteiger partial charge in [0.25, 0.3) is 0 Å². The molecule has 2 saturated heterocycles. The number of nitrogens with zero attached hydrogens (tertiary/aromatic N) is 4. The SMILES string of the molecule is O=C1C2CN(Cc3cccc4cccnc34)CCN2C(=O)CN1Cc1ccsc1. The summed E-state index contributed by atoms with van der Waals surface area (Å²) >= 11 is 1.61. The van der Waals surface area contributed by atoms with Gasteiger partial charge in [0.1, 0.15) is 12.6 Å². The van der Waals surface area contributed by atoms with Gasteiger partial charge in [-0.1, -0.05) is 24.3 Å². The van der Waals surface area contributed by atoms with Crippen molar-refractivity contribution < 1.29 is 9.59 Å². The second-order valence-corrected chi connectivity index (χ2v) is 8.44. The highest BCUT2D eigenvalue weighted by atomic mass is 32.1. The molecule has 1 atom stereocenters. The molecular formula is C22H22N4O2S. The Morgan fingerprint density at radius 1 is 1.07 bits per heavy atom. The molecular weight excluding hydrogens is 384 g/mol.